The van der Waals surface area contributed by atoms with Gasteiger partial charge in [0.1, 0.15) is 52.0 Å². The van der Waals surface area contributed by atoms with Gasteiger partial charge in [-0.2, -0.15) is 10.5 Å². The number of carboxylic acid groups (broad SMARTS) is 1. The number of carbonyl (C=O) groups is 2. The molecule has 0 radical (unpaired) electrons. The fraction of sp³-hybridized carbons (Fsp3) is 0.351. The van der Waals surface area contributed by atoms with Crippen LogP contribution in [0.15, 0.2) is 58.9 Å². The van der Waals surface area contributed by atoms with E-state index in [0.29, 0.717) is 69.2 Å². The van der Waals surface area contributed by atoms with Crippen molar-refractivity contribution < 1.29 is 19.4 Å². The highest BCUT2D eigenvalue weighted by Gasteiger charge is 2.32. The molecule has 2 aromatic heterocycles. The number of ether oxygens (including phenoxy) is 1. The maximum atomic E-state index is 12.7. The van der Waals surface area contributed by atoms with E-state index in [-0.39, 0.29) is 18.3 Å². The Labute approximate surface area is 322 Å². The molecule has 6 rings (SSSR count). The first-order valence-electron chi connectivity index (χ1n) is 16.7. The molecule has 2 atom stereocenters. The van der Waals surface area contributed by atoms with Gasteiger partial charge in [-0.1, -0.05) is 47.6 Å². The molecule has 2 aromatic carbocycles. The van der Waals surface area contributed by atoms with Crippen molar-refractivity contribution in [1.29, 1.82) is 10.5 Å². The molecule has 0 spiro atoms. The highest BCUT2D eigenvalue weighted by atomic mass is 35.5. The van der Waals surface area contributed by atoms with Crippen molar-refractivity contribution in [1.82, 2.24) is 20.2 Å². The van der Waals surface area contributed by atoms with Crippen LogP contribution in [-0.2, 0) is 15.3 Å². The van der Waals surface area contributed by atoms with Gasteiger partial charge in [-0.25, -0.2) is 9.97 Å². The van der Waals surface area contributed by atoms with E-state index in [1.165, 1.54) is 18.7 Å². The molecule has 2 aliphatic rings. The second-order valence-corrected chi connectivity index (χ2v) is 14.6. The van der Waals surface area contributed by atoms with Crippen molar-refractivity contribution in [3.8, 4) is 39.6 Å². The number of pyridine rings is 1. The van der Waals surface area contributed by atoms with Crippen molar-refractivity contribution >= 4 is 64.8 Å². The smallest absolute Gasteiger partial charge is 0.325 e. The molecular weight excluding hydrogens is 741 g/mol. The monoisotopic (exact) mass is 777 g/mol. The first-order chi connectivity index (χ1) is 24.7. The third kappa shape index (κ3) is 8.98. The van der Waals surface area contributed by atoms with Crippen LogP contribution in [0.25, 0.3) is 21.7 Å². The minimum Gasteiger partial charge on any atom is -0.492 e. The number of rotatable bonds is 13. The normalized spacial score (nSPS) is 16.1. The largest absolute Gasteiger partial charge is 0.492 e. The van der Waals surface area contributed by atoms with Crippen LogP contribution in [0.3, 0.4) is 0 Å². The van der Waals surface area contributed by atoms with Gasteiger partial charge in [0.05, 0.1) is 17.3 Å². The minimum absolute atomic E-state index is 0. The average Bonchev–Trinajstić information content (AvgIpc) is 3.94. The van der Waals surface area contributed by atoms with Gasteiger partial charge in [0.15, 0.2) is 0 Å². The molecule has 0 saturated carbocycles. The number of carboxylic acids is 1. The van der Waals surface area contributed by atoms with Gasteiger partial charge in [-0.05, 0) is 69.0 Å². The standard InChI is InChI=1S/C37H36ClN7O4S2.ClH/c1-23(37(47)48)41-34(46)31-5-4-16-44(31)17-18-49-28-12-8-24(9-13-28)32-29(19-39)33(45-14-2-3-15-45)43-36(30(32)20-40)51-22-27-21-50-35(42-27)25-6-10-26(38)11-7-25;/h6-13,21,23,31H,2-5,14-18,22H2,1H3,(H,41,46)(H,47,48);1H/t23-,31-;/m0./s1. The van der Waals surface area contributed by atoms with Crippen LogP contribution in [-0.4, -0.2) is 76.7 Å². The summed E-state index contributed by atoms with van der Waals surface area (Å²) in [5.41, 5.74) is 3.83. The summed E-state index contributed by atoms with van der Waals surface area (Å²) in [7, 11) is 0. The zero-order chi connectivity index (χ0) is 35.9. The van der Waals surface area contributed by atoms with E-state index in [1.807, 2.05) is 58.8 Å². The first-order valence-corrected chi connectivity index (χ1v) is 19.0. The molecule has 0 unspecified atom stereocenters. The Kier molecular flexibility index (Phi) is 13.4. The molecule has 0 aliphatic carbocycles. The van der Waals surface area contributed by atoms with Gasteiger partial charge in [0.2, 0.25) is 5.91 Å². The molecule has 15 heteroatoms. The number of benzene rings is 2. The quantitative estimate of drug-likeness (QED) is 0.135. The molecule has 270 valence electrons. The number of halogens is 2. The zero-order valence-electron chi connectivity index (χ0n) is 28.4. The Morgan fingerprint density at radius 1 is 1.04 bits per heavy atom. The third-order valence-corrected chi connectivity index (χ3v) is 11.2. The number of nitriles is 2. The molecule has 2 fully saturated rings. The summed E-state index contributed by atoms with van der Waals surface area (Å²) in [5.74, 6) is 0.345. The van der Waals surface area contributed by atoms with E-state index >= 15 is 0 Å². The second-order valence-electron chi connectivity index (χ2n) is 12.4. The van der Waals surface area contributed by atoms with Gasteiger partial charge in [0, 0.05) is 46.9 Å². The highest BCUT2D eigenvalue weighted by molar-refractivity contribution is 7.98. The van der Waals surface area contributed by atoms with E-state index in [0.717, 1.165) is 55.2 Å². The number of aromatic nitrogens is 2. The average molecular weight is 779 g/mol. The number of nitrogens with zero attached hydrogens (tertiary/aromatic N) is 6. The lowest BCUT2D eigenvalue weighted by Gasteiger charge is -2.24. The predicted octanol–water partition coefficient (Wildman–Crippen LogP) is 7.02. The molecule has 52 heavy (non-hydrogen) atoms. The Hall–Kier alpha value is -4.37. The fourth-order valence-corrected chi connectivity index (χ4v) is 8.25. The summed E-state index contributed by atoms with van der Waals surface area (Å²) >= 11 is 9.04. The second kappa shape index (κ2) is 17.9. The summed E-state index contributed by atoms with van der Waals surface area (Å²) in [4.78, 5) is 37.7. The summed E-state index contributed by atoms with van der Waals surface area (Å²) < 4.78 is 6.04. The van der Waals surface area contributed by atoms with Crippen LogP contribution in [0.4, 0.5) is 5.82 Å². The number of thioether (sulfide) groups is 1. The maximum Gasteiger partial charge on any atom is 0.325 e. The summed E-state index contributed by atoms with van der Waals surface area (Å²) in [6, 6.07) is 18.3. The summed E-state index contributed by atoms with van der Waals surface area (Å²) in [6.07, 6.45) is 3.52. The van der Waals surface area contributed by atoms with Gasteiger partial charge in [0.25, 0.3) is 0 Å². The molecule has 2 N–H and O–H groups in total. The van der Waals surface area contributed by atoms with Crippen LogP contribution in [0, 0.1) is 22.7 Å². The van der Waals surface area contributed by atoms with Crippen LogP contribution in [0.5, 0.6) is 5.75 Å². The number of carbonyl (C=O) groups excluding carboxylic acids is 1. The molecule has 4 aromatic rings. The Morgan fingerprint density at radius 3 is 2.40 bits per heavy atom. The van der Waals surface area contributed by atoms with E-state index in [2.05, 4.69) is 22.4 Å². The molecule has 1 amide bonds. The molecule has 2 saturated heterocycles. The van der Waals surface area contributed by atoms with E-state index < -0.39 is 18.1 Å². The van der Waals surface area contributed by atoms with Crippen molar-refractivity contribution in [3.63, 3.8) is 0 Å². The number of anilines is 1. The van der Waals surface area contributed by atoms with Crippen molar-refractivity contribution in [2.75, 3.05) is 37.7 Å². The molecule has 2 aliphatic heterocycles. The number of hydrogen-bond donors (Lipinski definition) is 2. The lowest BCUT2D eigenvalue weighted by Crippen LogP contribution is -2.49. The Morgan fingerprint density at radius 2 is 1.73 bits per heavy atom. The molecule has 4 heterocycles. The van der Waals surface area contributed by atoms with Crippen molar-refractivity contribution in [2.45, 2.75) is 55.5 Å². The van der Waals surface area contributed by atoms with Gasteiger partial charge < -0.3 is 20.1 Å². The lowest BCUT2D eigenvalue weighted by atomic mass is 9.96. The van der Waals surface area contributed by atoms with Crippen molar-refractivity contribution in [3.05, 3.63) is 75.8 Å². The number of likely N-dealkylation sites (tertiary alicyclic amines) is 1. The van der Waals surface area contributed by atoms with Crippen LogP contribution >= 0.6 is 47.1 Å². The molecule has 11 nitrogen and oxygen atoms in total. The zero-order valence-corrected chi connectivity index (χ0v) is 31.6. The third-order valence-electron chi connectivity index (χ3n) is 8.96. The maximum absolute atomic E-state index is 12.7. The Balaban J connectivity index is 0.00000523. The predicted molar refractivity (Wildman–Crippen MR) is 205 cm³/mol. The van der Waals surface area contributed by atoms with Gasteiger partial charge >= 0.3 is 5.97 Å². The topological polar surface area (TPSA) is 155 Å². The molecule has 0 bridgehead atoms. The van der Waals surface area contributed by atoms with Crippen molar-refractivity contribution in [2.24, 2.45) is 0 Å². The summed E-state index contributed by atoms with van der Waals surface area (Å²) in [6.45, 7) is 4.59. The summed E-state index contributed by atoms with van der Waals surface area (Å²) in [5, 5.41) is 36.7. The first kappa shape index (κ1) is 38.9. The van der Waals surface area contributed by atoms with E-state index in [4.69, 9.17) is 31.4 Å². The fourth-order valence-electron chi connectivity index (χ4n) is 6.31. The number of thiazole rings is 1. The van der Waals surface area contributed by atoms with E-state index in [1.54, 1.807) is 11.3 Å². The number of amides is 1. The number of aliphatic carboxylic acids is 1. The number of hydrogen-bond acceptors (Lipinski definition) is 11. The SMILES string of the molecule is C[C@H](NC(=O)[C@@H]1CCCN1CCOc1ccc(-c2c(C#N)c(SCc3csc(-c4ccc(Cl)cc4)n3)nc(N3CCCC3)c2C#N)cc1)C(=O)O.Cl. The van der Waals surface area contributed by atoms with Crippen LogP contribution in [0.1, 0.15) is 49.4 Å². The number of nitrogens with one attached hydrogen (secondary N) is 1. The van der Waals surface area contributed by atoms with Gasteiger partial charge in [-0.3, -0.25) is 14.5 Å². The minimum atomic E-state index is -1.07. The van der Waals surface area contributed by atoms with Gasteiger partial charge in [-0.15, -0.1) is 23.7 Å². The van der Waals surface area contributed by atoms with E-state index in [9.17, 15) is 20.1 Å². The van der Waals surface area contributed by atoms with Crippen LogP contribution in [0.2, 0.25) is 5.02 Å². The Bertz CT molecular complexity index is 1970. The lowest BCUT2D eigenvalue weighted by molar-refractivity contribution is -0.142. The molecular formula is C37H37Cl2N7O4S2. The highest BCUT2D eigenvalue weighted by Crippen LogP contribution is 2.40. The van der Waals surface area contributed by atoms with Crippen LogP contribution < -0.4 is 15.0 Å².